The Kier molecular flexibility index (Phi) is 8.29. The van der Waals surface area contributed by atoms with Crippen LogP contribution in [0.25, 0.3) is 0 Å². The van der Waals surface area contributed by atoms with Gasteiger partial charge in [0, 0.05) is 6.04 Å². The molecule has 118 valence electrons. The van der Waals surface area contributed by atoms with Gasteiger partial charge in [0.2, 0.25) is 0 Å². The van der Waals surface area contributed by atoms with Gasteiger partial charge >= 0.3 is 5.97 Å². The standard InChI is InChI=1S/C15H21Br2NO3/c1-3-4-5-20-14(19)9-21-15-12(16)7-11(6-10(2)18)8-13(15)17/h7-8,10H,3-6,9,18H2,1-2H3. The van der Waals surface area contributed by atoms with Crippen molar-refractivity contribution in [2.24, 2.45) is 5.73 Å². The highest BCUT2D eigenvalue weighted by Gasteiger charge is 2.12. The van der Waals surface area contributed by atoms with Crippen molar-refractivity contribution < 1.29 is 14.3 Å². The van der Waals surface area contributed by atoms with E-state index in [-0.39, 0.29) is 18.6 Å². The van der Waals surface area contributed by atoms with Gasteiger partial charge in [-0.2, -0.15) is 0 Å². The molecule has 0 aliphatic carbocycles. The van der Waals surface area contributed by atoms with E-state index in [9.17, 15) is 4.79 Å². The van der Waals surface area contributed by atoms with Crippen molar-refractivity contribution in [2.75, 3.05) is 13.2 Å². The van der Waals surface area contributed by atoms with Gasteiger partial charge in [0.25, 0.3) is 0 Å². The van der Waals surface area contributed by atoms with E-state index in [4.69, 9.17) is 15.2 Å². The Balaban J connectivity index is 2.61. The van der Waals surface area contributed by atoms with Crippen molar-refractivity contribution in [3.05, 3.63) is 26.6 Å². The van der Waals surface area contributed by atoms with Crippen LogP contribution in [0.1, 0.15) is 32.3 Å². The average Bonchev–Trinajstić information content (AvgIpc) is 2.37. The lowest BCUT2D eigenvalue weighted by Gasteiger charge is -2.13. The van der Waals surface area contributed by atoms with E-state index in [0.717, 1.165) is 33.8 Å². The zero-order valence-electron chi connectivity index (χ0n) is 12.3. The van der Waals surface area contributed by atoms with Crippen LogP contribution in [0.15, 0.2) is 21.1 Å². The van der Waals surface area contributed by atoms with Crippen molar-refractivity contribution in [3.8, 4) is 5.75 Å². The summed E-state index contributed by atoms with van der Waals surface area (Å²) >= 11 is 6.91. The molecule has 6 heteroatoms. The molecule has 1 aromatic carbocycles. The molecular weight excluding hydrogens is 402 g/mol. The number of nitrogens with two attached hydrogens (primary N) is 1. The van der Waals surface area contributed by atoms with E-state index in [1.54, 1.807) is 0 Å². The van der Waals surface area contributed by atoms with Gasteiger partial charge in [0.1, 0.15) is 5.75 Å². The number of carbonyl (C=O) groups is 1. The van der Waals surface area contributed by atoms with E-state index in [0.29, 0.717) is 12.4 Å². The van der Waals surface area contributed by atoms with Crippen LogP contribution in [0.3, 0.4) is 0 Å². The summed E-state index contributed by atoms with van der Waals surface area (Å²) in [5, 5.41) is 0. The summed E-state index contributed by atoms with van der Waals surface area (Å²) in [5.74, 6) is 0.234. The third-order valence-corrected chi connectivity index (χ3v) is 3.89. The van der Waals surface area contributed by atoms with Crippen LogP contribution in [-0.2, 0) is 16.0 Å². The lowest BCUT2D eigenvalue weighted by atomic mass is 10.1. The van der Waals surface area contributed by atoms with Crippen LogP contribution in [-0.4, -0.2) is 25.2 Å². The first-order valence-electron chi connectivity index (χ1n) is 6.96. The van der Waals surface area contributed by atoms with Crippen LogP contribution in [0, 0.1) is 0 Å². The number of halogens is 2. The monoisotopic (exact) mass is 421 g/mol. The minimum Gasteiger partial charge on any atom is -0.480 e. The SMILES string of the molecule is CCCCOC(=O)COc1c(Br)cc(CC(C)N)cc1Br. The van der Waals surface area contributed by atoms with Gasteiger partial charge in [-0.05, 0) is 69.3 Å². The maximum atomic E-state index is 11.5. The van der Waals surface area contributed by atoms with E-state index in [1.165, 1.54) is 0 Å². The van der Waals surface area contributed by atoms with Crippen LogP contribution >= 0.6 is 31.9 Å². The topological polar surface area (TPSA) is 61.5 Å². The molecule has 4 nitrogen and oxygen atoms in total. The zero-order chi connectivity index (χ0) is 15.8. The summed E-state index contributed by atoms with van der Waals surface area (Å²) in [6.07, 6.45) is 2.63. The number of hydrogen-bond donors (Lipinski definition) is 1. The fourth-order valence-corrected chi connectivity index (χ4v) is 3.25. The largest absolute Gasteiger partial charge is 0.480 e. The molecule has 1 unspecified atom stereocenters. The molecule has 0 aromatic heterocycles. The molecule has 1 atom stereocenters. The zero-order valence-corrected chi connectivity index (χ0v) is 15.5. The molecule has 0 amide bonds. The molecule has 1 rings (SSSR count). The second kappa shape index (κ2) is 9.43. The Morgan fingerprint density at radius 3 is 2.48 bits per heavy atom. The molecule has 0 aliphatic heterocycles. The molecule has 1 aromatic rings. The van der Waals surface area contributed by atoms with E-state index >= 15 is 0 Å². The summed E-state index contributed by atoms with van der Waals surface area (Å²) in [6.45, 7) is 4.34. The molecular formula is C15H21Br2NO3. The van der Waals surface area contributed by atoms with Crippen molar-refractivity contribution in [2.45, 2.75) is 39.2 Å². The molecule has 0 radical (unpaired) electrons. The molecule has 0 heterocycles. The first kappa shape index (κ1) is 18.5. The number of esters is 1. The Hall–Kier alpha value is -0.590. The molecule has 0 bridgehead atoms. The van der Waals surface area contributed by atoms with Gasteiger partial charge in [-0.1, -0.05) is 13.3 Å². The highest BCUT2D eigenvalue weighted by atomic mass is 79.9. The van der Waals surface area contributed by atoms with E-state index < -0.39 is 0 Å². The number of rotatable bonds is 8. The maximum absolute atomic E-state index is 11.5. The fraction of sp³-hybridized carbons (Fsp3) is 0.533. The van der Waals surface area contributed by atoms with Gasteiger partial charge < -0.3 is 15.2 Å². The summed E-state index contributed by atoms with van der Waals surface area (Å²) in [7, 11) is 0. The Morgan fingerprint density at radius 2 is 1.95 bits per heavy atom. The van der Waals surface area contributed by atoms with E-state index in [2.05, 4.69) is 31.9 Å². The third kappa shape index (κ3) is 6.80. The summed E-state index contributed by atoms with van der Waals surface area (Å²) < 4.78 is 12.1. The highest BCUT2D eigenvalue weighted by Crippen LogP contribution is 2.35. The number of carbonyl (C=O) groups excluding carboxylic acids is 1. The molecule has 0 saturated heterocycles. The van der Waals surface area contributed by atoms with Crippen molar-refractivity contribution >= 4 is 37.8 Å². The fourth-order valence-electron chi connectivity index (χ4n) is 1.74. The molecule has 0 fully saturated rings. The summed E-state index contributed by atoms with van der Waals surface area (Å²) in [4.78, 5) is 11.5. The predicted molar refractivity (Wildman–Crippen MR) is 90.6 cm³/mol. The molecule has 0 aliphatic rings. The lowest BCUT2D eigenvalue weighted by molar-refractivity contribution is -0.146. The Morgan fingerprint density at radius 1 is 1.33 bits per heavy atom. The first-order valence-corrected chi connectivity index (χ1v) is 8.54. The maximum Gasteiger partial charge on any atom is 0.344 e. The Bertz CT molecular complexity index is 455. The highest BCUT2D eigenvalue weighted by molar-refractivity contribution is 9.11. The van der Waals surface area contributed by atoms with Crippen molar-refractivity contribution in [3.63, 3.8) is 0 Å². The predicted octanol–water partition coefficient (Wildman–Crippen LogP) is 3.82. The number of benzene rings is 1. The van der Waals surface area contributed by atoms with Crippen molar-refractivity contribution in [1.29, 1.82) is 0 Å². The van der Waals surface area contributed by atoms with Gasteiger partial charge in [0.05, 0.1) is 15.6 Å². The van der Waals surface area contributed by atoms with Gasteiger partial charge in [-0.15, -0.1) is 0 Å². The van der Waals surface area contributed by atoms with Gasteiger partial charge in [0.15, 0.2) is 6.61 Å². The number of unbranched alkanes of at least 4 members (excludes halogenated alkanes) is 1. The van der Waals surface area contributed by atoms with Crippen LogP contribution < -0.4 is 10.5 Å². The third-order valence-electron chi connectivity index (χ3n) is 2.71. The molecule has 2 N–H and O–H groups in total. The second-order valence-electron chi connectivity index (χ2n) is 4.93. The normalized spacial score (nSPS) is 12.0. The van der Waals surface area contributed by atoms with Crippen LogP contribution in [0.5, 0.6) is 5.75 Å². The van der Waals surface area contributed by atoms with Crippen LogP contribution in [0.2, 0.25) is 0 Å². The molecule has 0 saturated carbocycles. The molecule has 21 heavy (non-hydrogen) atoms. The van der Waals surface area contributed by atoms with Gasteiger partial charge in [-0.25, -0.2) is 4.79 Å². The van der Waals surface area contributed by atoms with Crippen molar-refractivity contribution in [1.82, 2.24) is 0 Å². The van der Waals surface area contributed by atoms with Gasteiger partial charge in [-0.3, -0.25) is 0 Å². The summed E-state index contributed by atoms with van der Waals surface area (Å²) in [6, 6.07) is 3.99. The number of ether oxygens (including phenoxy) is 2. The number of hydrogen-bond acceptors (Lipinski definition) is 4. The smallest absolute Gasteiger partial charge is 0.344 e. The first-order chi connectivity index (χ1) is 9.93. The average molecular weight is 423 g/mol. The second-order valence-corrected chi connectivity index (χ2v) is 6.64. The van der Waals surface area contributed by atoms with Crippen LogP contribution in [0.4, 0.5) is 0 Å². The Labute approximate surface area is 142 Å². The quantitative estimate of drug-likeness (QED) is 0.510. The minimum atomic E-state index is -0.359. The summed E-state index contributed by atoms with van der Waals surface area (Å²) in [5.41, 5.74) is 6.89. The minimum absolute atomic E-state index is 0.0871. The van der Waals surface area contributed by atoms with E-state index in [1.807, 2.05) is 26.0 Å². The lowest BCUT2D eigenvalue weighted by Crippen LogP contribution is -2.18. The molecule has 0 spiro atoms.